The molecule has 1 heterocycles. The van der Waals surface area contributed by atoms with E-state index >= 15 is 0 Å². The van der Waals surface area contributed by atoms with Crippen molar-refractivity contribution in [1.29, 1.82) is 0 Å². The lowest BCUT2D eigenvalue weighted by molar-refractivity contribution is 0.577. The van der Waals surface area contributed by atoms with Crippen LogP contribution in [0.1, 0.15) is 29.5 Å². The Kier molecular flexibility index (Phi) is 5.45. The Morgan fingerprint density at radius 2 is 1.65 bits per heavy atom. The van der Waals surface area contributed by atoms with Crippen LogP contribution in [-0.2, 0) is 16.6 Å². The first-order valence-electron chi connectivity index (χ1n) is 9.42. The number of guanidine groups is 1. The number of nitrogens with zero attached hydrogens (tertiary/aromatic N) is 1. The van der Waals surface area contributed by atoms with Gasteiger partial charge in [0.2, 0.25) is 5.96 Å². The van der Waals surface area contributed by atoms with Gasteiger partial charge in [-0.3, -0.25) is 0 Å². The van der Waals surface area contributed by atoms with E-state index in [4.69, 9.17) is 0 Å². The highest BCUT2D eigenvalue weighted by molar-refractivity contribution is 7.90. The van der Waals surface area contributed by atoms with E-state index in [-0.39, 0.29) is 34.2 Å². The van der Waals surface area contributed by atoms with Gasteiger partial charge >= 0.3 is 0 Å². The van der Waals surface area contributed by atoms with Crippen molar-refractivity contribution in [3.8, 4) is 0 Å². The van der Waals surface area contributed by atoms with E-state index in [9.17, 15) is 21.6 Å². The van der Waals surface area contributed by atoms with Gasteiger partial charge < -0.3 is 5.32 Å². The van der Waals surface area contributed by atoms with Gasteiger partial charge in [-0.25, -0.2) is 31.3 Å². The van der Waals surface area contributed by atoms with Crippen molar-refractivity contribution < 1.29 is 21.6 Å². The van der Waals surface area contributed by atoms with Crippen molar-refractivity contribution in [2.24, 2.45) is 4.99 Å². The molecule has 1 aliphatic heterocycles. The van der Waals surface area contributed by atoms with Crippen LogP contribution in [0.4, 0.5) is 18.9 Å². The zero-order valence-corrected chi connectivity index (χ0v) is 17.2. The molecule has 0 fully saturated rings. The lowest BCUT2D eigenvalue weighted by Gasteiger charge is -2.26. The van der Waals surface area contributed by atoms with E-state index in [0.717, 1.165) is 12.1 Å². The molecule has 0 amide bonds. The van der Waals surface area contributed by atoms with Crippen LogP contribution in [0.5, 0.6) is 0 Å². The number of hydrogen-bond acceptors (Lipinski definition) is 3. The zero-order chi connectivity index (χ0) is 22.2. The Hall–Kier alpha value is -3.33. The molecule has 9 heteroatoms. The summed E-state index contributed by atoms with van der Waals surface area (Å²) >= 11 is 0. The largest absolute Gasteiger partial charge is 0.324 e. The summed E-state index contributed by atoms with van der Waals surface area (Å²) in [5.74, 6) is -2.46. The molecule has 2 N–H and O–H groups in total. The summed E-state index contributed by atoms with van der Waals surface area (Å²) in [6.45, 7) is 1.66. The first-order chi connectivity index (χ1) is 14.8. The van der Waals surface area contributed by atoms with Crippen LogP contribution in [0.2, 0.25) is 0 Å². The summed E-state index contributed by atoms with van der Waals surface area (Å²) in [7, 11) is -4.03. The van der Waals surface area contributed by atoms with E-state index in [1.807, 2.05) is 0 Å². The summed E-state index contributed by atoms with van der Waals surface area (Å²) in [6, 6.07) is 13.7. The maximum Gasteiger partial charge on any atom is 0.266 e. The zero-order valence-electron chi connectivity index (χ0n) is 16.4. The van der Waals surface area contributed by atoms with Crippen molar-refractivity contribution >= 4 is 21.7 Å². The number of benzene rings is 3. The fourth-order valence-corrected chi connectivity index (χ4v) is 4.65. The molecule has 0 unspecified atom stereocenters. The smallest absolute Gasteiger partial charge is 0.266 e. The van der Waals surface area contributed by atoms with Crippen molar-refractivity contribution in [3.63, 3.8) is 0 Å². The maximum atomic E-state index is 14.9. The molecule has 0 spiro atoms. The third kappa shape index (κ3) is 4.13. The number of sulfonamides is 1. The van der Waals surface area contributed by atoms with Gasteiger partial charge in [-0.15, -0.1) is 0 Å². The molecule has 0 radical (unpaired) electrons. The quantitative estimate of drug-likeness (QED) is 0.621. The summed E-state index contributed by atoms with van der Waals surface area (Å²) in [5, 5.41) is 2.84. The Morgan fingerprint density at radius 3 is 2.35 bits per heavy atom. The molecule has 0 saturated heterocycles. The van der Waals surface area contributed by atoms with Crippen LogP contribution < -0.4 is 10.0 Å². The molecule has 1 atom stereocenters. The second kappa shape index (κ2) is 8.07. The van der Waals surface area contributed by atoms with Crippen molar-refractivity contribution in [2.75, 3.05) is 5.32 Å². The summed E-state index contributed by atoms with van der Waals surface area (Å²) in [6.07, 6.45) is 0. The molecule has 0 aromatic heterocycles. The molecule has 5 nitrogen and oxygen atoms in total. The number of hydrogen-bond donors (Lipinski definition) is 2. The van der Waals surface area contributed by atoms with Gasteiger partial charge in [0.25, 0.3) is 10.0 Å². The Balaban J connectivity index is 1.76. The second-order valence-electron chi connectivity index (χ2n) is 7.10. The van der Waals surface area contributed by atoms with Gasteiger partial charge in [-0.2, -0.15) is 0 Å². The topological polar surface area (TPSA) is 70.6 Å². The van der Waals surface area contributed by atoms with E-state index in [0.29, 0.717) is 5.56 Å². The molecule has 31 heavy (non-hydrogen) atoms. The van der Waals surface area contributed by atoms with Crippen LogP contribution in [0.15, 0.2) is 70.6 Å². The minimum atomic E-state index is -4.03. The van der Waals surface area contributed by atoms with Crippen molar-refractivity contribution in [1.82, 2.24) is 4.72 Å². The Bertz CT molecular complexity index is 1280. The second-order valence-corrected chi connectivity index (χ2v) is 8.75. The van der Waals surface area contributed by atoms with Crippen LogP contribution >= 0.6 is 0 Å². The van der Waals surface area contributed by atoms with Gasteiger partial charge in [0, 0.05) is 11.5 Å². The Labute approximate surface area is 177 Å². The van der Waals surface area contributed by atoms with Crippen molar-refractivity contribution in [2.45, 2.75) is 24.3 Å². The molecule has 3 aromatic carbocycles. The molecule has 1 aliphatic rings. The molecule has 4 rings (SSSR count). The third-order valence-corrected chi connectivity index (χ3v) is 6.44. The van der Waals surface area contributed by atoms with Crippen LogP contribution in [0, 0.1) is 17.5 Å². The molecular weight excluding hydrogens is 427 g/mol. The fraction of sp³-hybridized carbons (Fsp3) is 0.136. The average Bonchev–Trinajstić information content (AvgIpc) is 2.72. The summed E-state index contributed by atoms with van der Waals surface area (Å²) < 4.78 is 70.1. The van der Waals surface area contributed by atoms with Gasteiger partial charge in [0.05, 0.1) is 12.2 Å². The third-order valence-electron chi connectivity index (χ3n) is 5.06. The van der Waals surface area contributed by atoms with Crippen LogP contribution in [0.3, 0.4) is 0 Å². The molecule has 3 aromatic rings. The highest BCUT2D eigenvalue weighted by Gasteiger charge is 2.32. The van der Waals surface area contributed by atoms with E-state index in [1.165, 1.54) is 42.5 Å². The van der Waals surface area contributed by atoms with Gasteiger partial charge in [-0.1, -0.05) is 37.3 Å². The monoisotopic (exact) mass is 445 g/mol. The lowest BCUT2D eigenvalue weighted by Crippen LogP contribution is -2.41. The fourth-order valence-electron chi connectivity index (χ4n) is 3.49. The van der Waals surface area contributed by atoms with Gasteiger partial charge in [0.1, 0.15) is 22.3 Å². The van der Waals surface area contributed by atoms with Gasteiger partial charge in [-0.05, 0) is 41.5 Å². The van der Waals surface area contributed by atoms with Crippen molar-refractivity contribution in [3.05, 3.63) is 94.8 Å². The molecular formula is C22H18F3N3O2S. The number of halogens is 3. The number of aliphatic imine (C=N–C) groups is 1. The molecule has 0 aliphatic carbocycles. The predicted octanol–water partition coefficient (Wildman–Crippen LogP) is 4.52. The minimum Gasteiger partial charge on any atom is -0.324 e. The standard InChI is InChI=1S/C22H18F3N3O2S/c1-13(16-4-2-3-5-17(16)24)20-18(25)10-11-19-21(20)27-22(28-31(19,29)30)26-12-14-6-8-15(23)9-7-14/h2-11,13H,12H2,1H3,(H2,26,27,28)/t13-/m0/s1. The SMILES string of the molecule is C[C@@H](c1ccccc1F)c1c(F)ccc2c1NC(=NCc1ccc(F)cc1)NS2(=O)=O. The Morgan fingerprint density at radius 1 is 0.935 bits per heavy atom. The minimum absolute atomic E-state index is 0.00681. The predicted molar refractivity (Wildman–Crippen MR) is 112 cm³/mol. The van der Waals surface area contributed by atoms with Gasteiger partial charge in [0.15, 0.2) is 0 Å². The molecule has 0 saturated carbocycles. The van der Waals surface area contributed by atoms with Crippen LogP contribution in [0.25, 0.3) is 0 Å². The summed E-state index contributed by atoms with van der Waals surface area (Å²) in [5.41, 5.74) is 0.909. The first-order valence-corrected chi connectivity index (χ1v) is 10.9. The average molecular weight is 445 g/mol. The van der Waals surface area contributed by atoms with E-state index in [1.54, 1.807) is 13.0 Å². The number of rotatable bonds is 4. The molecule has 0 bridgehead atoms. The molecule has 160 valence electrons. The van der Waals surface area contributed by atoms with Crippen LogP contribution in [-0.4, -0.2) is 14.4 Å². The number of fused-ring (bicyclic) bond motifs is 1. The number of anilines is 1. The summed E-state index contributed by atoms with van der Waals surface area (Å²) in [4.78, 5) is 4.03. The van der Waals surface area contributed by atoms with E-state index < -0.39 is 33.4 Å². The highest BCUT2D eigenvalue weighted by Crippen LogP contribution is 2.38. The number of nitrogens with one attached hydrogen (secondary N) is 2. The van der Waals surface area contributed by atoms with E-state index in [2.05, 4.69) is 15.0 Å². The maximum absolute atomic E-state index is 14.9. The first kappa shape index (κ1) is 20.9. The lowest BCUT2D eigenvalue weighted by atomic mass is 9.91. The highest BCUT2D eigenvalue weighted by atomic mass is 32.2. The normalized spacial score (nSPS) is 16.8.